The van der Waals surface area contributed by atoms with Crippen LogP contribution in [0.5, 0.6) is 0 Å². The van der Waals surface area contributed by atoms with E-state index >= 15 is 0 Å². The van der Waals surface area contributed by atoms with E-state index < -0.39 is 0 Å². The molecule has 0 N–H and O–H groups in total. The summed E-state index contributed by atoms with van der Waals surface area (Å²) in [6.45, 7) is 0. The first kappa shape index (κ1) is 33.2. The molecule has 0 aliphatic heterocycles. The van der Waals surface area contributed by atoms with Gasteiger partial charge in [0.2, 0.25) is 0 Å². The van der Waals surface area contributed by atoms with Crippen LogP contribution in [-0.2, 0) is 0 Å². The average molecular weight is 715 g/mol. The SMILES string of the molecule is c1ccc(-c2c3ccccc3c(-c3ccc(N(c4ccccc4)c4ccc5cc(N(c6ccccc6)c6ccccc6)ccc5c4)cc3)c3ccccc23)cc1. The lowest BCUT2D eigenvalue weighted by Gasteiger charge is -2.27. The van der Waals surface area contributed by atoms with Crippen LogP contribution in [0.3, 0.4) is 0 Å². The maximum Gasteiger partial charge on any atom is 0.0468 e. The van der Waals surface area contributed by atoms with Crippen LogP contribution < -0.4 is 9.80 Å². The summed E-state index contributed by atoms with van der Waals surface area (Å²) in [4.78, 5) is 4.67. The Bertz CT molecular complexity index is 2850. The fraction of sp³-hybridized carbons (Fsp3) is 0. The Morgan fingerprint density at radius 3 is 0.875 bits per heavy atom. The molecule has 0 heterocycles. The van der Waals surface area contributed by atoms with Gasteiger partial charge in [0.25, 0.3) is 0 Å². The Balaban J connectivity index is 1.07. The van der Waals surface area contributed by atoms with Gasteiger partial charge in [0.15, 0.2) is 0 Å². The van der Waals surface area contributed by atoms with E-state index in [-0.39, 0.29) is 0 Å². The maximum atomic E-state index is 2.35. The number of hydrogen-bond donors (Lipinski definition) is 0. The quantitative estimate of drug-likeness (QED) is 0.145. The molecule has 10 rings (SSSR count). The smallest absolute Gasteiger partial charge is 0.0468 e. The predicted octanol–water partition coefficient (Wildman–Crippen LogP) is 15.4. The minimum absolute atomic E-state index is 1.10. The lowest BCUT2D eigenvalue weighted by atomic mass is 9.86. The summed E-state index contributed by atoms with van der Waals surface area (Å²) in [5.74, 6) is 0. The van der Waals surface area contributed by atoms with Crippen molar-refractivity contribution in [1.82, 2.24) is 0 Å². The molecule has 10 aromatic carbocycles. The summed E-state index contributed by atoms with van der Waals surface area (Å²) in [5, 5.41) is 7.40. The predicted molar refractivity (Wildman–Crippen MR) is 239 cm³/mol. The molecular formula is C54H38N2. The van der Waals surface area contributed by atoms with Gasteiger partial charge in [0.1, 0.15) is 0 Å². The average Bonchev–Trinajstić information content (AvgIpc) is 3.27. The molecule has 0 aliphatic rings. The van der Waals surface area contributed by atoms with E-state index in [2.05, 4.69) is 240 Å². The molecule has 0 aliphatic carbocycles. The molecule has 0 amide bonds. The Morgan fingerprint density at radius 2 is 0.500 bits per heavy atom. The second-order valence-electron chi connectivity index (χ2n) is 14.1. The summed E-state index contributed by atoms with van der Waals surface area (Å²) in [6, 6.07) is 82.9. The van der Waals surface area contributed by atoms with E-state index in [9.17, 15) is 0 Å². The highest BCUT2D eigenvalue weighted by atomic mass is 15.1. The van der Waals surface area contributed by atoms with Crippen molar-refractivity contribution in [2.24, 2.45) is 0 Å². The molecule has 0 saturated heterocycles. The standard InChI is InChI=1S/C54H38N2/c1-5-17-39(18-6-1)53-49-25-13-15-27-51(49)54(52-28-16-14-26-50(52)53)40-29-33-46(34-30-40)56(45-23-11-4-12-24-45)48-36-32-41-37-47(35-31-42(41)38-48)55(43-19-7-2-8-20-43)44-21-9-3-10-22-44/h1-38H. The lowest BCUT2D eigenvalue weighted by molar-refractivity contribution is 1.28. The number of benzene rings is 10. The Morgan fingerprint density at radius 1 is 0.214 bits per heavy atom. The van der Waals surface area contributed by atoms with Crippen LogP contribution in [0.4, 0.5) is 34.1 Å². The molecule has 0 atom stereocenters. The second-order valence-corrected chi connectivity index (χ2v) is 14.1. The molecule has 2 nitrogen and oxygen atoms in total. The number of rotatable bonds is 8. The van der Waals surface area contributed by atoms with Crippen LogP contribution in [-0.4, -0.2) is 0 Å². The van der Waals surface area contributed by atoms with E-state index in [1.165, 1.54) is 54.6 Å². The number of para-hydroxylation sites is 3. The van der Waals surface area contributed by atoms with Crippen LogP contribution in [0.1, 0.15) is 0 Å². The molecule has 0 unspecified atom stereocenters. The van der Waals surface area contributed by atoms with Gasteiger partial charge in [0.05, 0.1) is 0 Å². The number of fused-ring (bicyclic) bond motifs is 3. The molecular weight excluding hydrogens is 677 g/mol. The summed E-state index contributed by atoms with van der Waals surface area (Å²) in [6.07, 6.45) is 0. The summed E-state index contributed by atoms with van der Waals surface area (Å²) in [7, 11) is 0. The van der Waals surface area contributed by atoms with E-state index in [0.717, 1.165) is 34.1 Å². The van der Waals surface area contributed by atoms with Gasteiger partial charge in [0, 0.05) is 34.1 Å². The van der Waals surface area contributed by atoms with Crippen molar-refractivity contribution in [1.29, 1.82) is 0 Å². The lowest BCUT2D eigenvalue weighted by Crippen LogP contribution is -2.10. The Kier molecular flexibility index (Phi) is 8.55. The van der Waals surface area contributed by atoms with Crippen molar-refractivity contribution in [3.05, 3.63) is 231 Å². The first-order valence-electron chi connectivity index (χ1n) is 19.2. The molecule has 0 aromatic heterocycles. The highest BCUT2D eigenvalue weighted by molar-refractivity contribution is 6.21. The van der Waals surface area contributed by atoms with Crippen molar-refractivity contribution in [2.45, 2.75) is 0 Å². The van der Waals surface area contributed by atoms with Crippen LogP contribution in [0.25, 0.3) is 54.6 Å². The number of hydrogen-bond acceptors (Lipinski definition) is 2. The molecule has 0 spiro atoms. The topological polar surface area (TPSA) is 6.48 Å². The zero-order chi connectivity index (χ0) is 37.3. The van der Waals surface area contributed by atoms with E-state index in [0.29, 0.717) is 0 Å². The molecule has 0 bridgehead atoms. The fourth-order valence-corrected chi connectivity index (χ4v) is 8.26. The van der Waals surface area contributed by atoms with E-state index in [1.807, 2.05) is 0 Å². The molecule has 2 heteroatoms. The van der Waals surface area contributed by atoms with Crippen molar-refractivity contribution in [2.75, 3.05) is 9.80 Å². The third-order valence-electron chi connectivity index (χ3n) is 10.8. The van der Waals surface area contributed by atoms with E-state index in [4.69, 9.17) is 0 Å². The van der Waals surface area contributed by atoms with Gasteiger partial charge in [-0.3, -0.25) is 0 Å². The summed E-state index contributed by atoms with van der Waals surface area (Å²) >= 11 is 0. The highest BCUT2D eigenvalue weighted by Crippen LogP contribution is 2.45. The molecule has 0 saturated carbocycles. The van der Waals surface area contributed by atoms with Crippen LogP contribution in [0, 0.1) is 0 Å². The van der Waals surface area contributed by atoms with Crippen molar-refractivity contribution in [3.8, 4) is 22.3 Å². The van der Waals surface area contributed by atoms with Crippen molar-refractivity contribution < 1.29 is 0 Å². The first-order chi connectivity index (χ1) is 27.8. The molecule has 0 fully saturated rings. The summed E-state index contributed by atoms with van der Waals surface area (Å²) < 4.78 is 0. The van der Waals surface area contributed by atoms with Gasteiger partial charge < -0.3 is 9.80 Å². The van der Waals surface area contributed by atoms with Crippen LogP contribution >= 0.6 is 0 Å². The summed E-state index contributed by atoms with van der Waals surface area (Å²) in [5.41, 5.74) is 11.7. The third kappa shape index (κ3) is 6.04. The van der Waals surface area contributed by atoms with Crippen LogP contribution in [0.2, 0.25) is 0 Å². The Labute approximate surface area is 327 Å². The van der Waals surface area contributed by atoms with Gasteiger partial charge in [-0.25, -0.2) is 0 Å². The monoisotopic (exact) mass is 714 g/mol. The third-order valence-corrected chi connectivity index (χ3v) is 10.8. The molecule has 56 heavy (non-hydrogen) atoms. The molecule has 10 aromatic rings. The number of anilines is 6. The van der Waals surface area contributed by atoms with Crippen LogP contribution in [0.15, 0.2) is 231 Å². The normalized spacial score (nSPS) is 11.2. The van der Waals surface area contributed by atoms with Gasteiger partial charge >= 0.3 is 0 Å². The van der Waals surface area contributed by atoms with Gasteiger partial charge in [-0.2, -0.15) is 0 Å². The minimum atomic E-state index is 1.10. The number of nitrogens with zero attached hydrogens (tertiary/aromatic N) is 2. The molecule has 264 valence electrons. The maximum absolute atomic E-state index is 2.35. The first-order valence-corrected chi connectivity index (χ1v) is 19.2. The Hall–Kier alpha value is -7.42. The van der Waals surface area contributed by atoms with Crippen molar-refractivity contribution >= 4 is 66.4 Å². The van der Waals surface area contributed by atoms with Gasteiger partial charge in [-0.1, -0.05) is 158 Å². The van der Waals surface area contributed by atoms with Gasteiger partial charge in [-0.05, 0) is 127 Å². The fourth-order valence-electron chi connectivity index (χ4n) is 8.26. The second kappa shape index (κ2) is 14.4. The zero-order valence-corrected chi connectivity index (χ0v) is 30.8. The zero-order valence-electron chi connectivity index (χ0n) is 30.8. The molecule has 0 radical (unpaired) electrons. The van der Waals surface area contributed by atoms with Crippen molar-refractivity contribution in [3.63, 3.8) is 0 Å². The largest absolute Gasteiger partial charge is 0.310 e. The highest BCUT2D eigenvalue weighted by Gasteiger charge is 2.19. The van der Waals surface area contributed by atoms with Gasteiger partial charge in [-0.15, -0.1) is 0 Å². The van der Waals surface area contributed by atoms with E-state index in [1.54, 1.807) is 0 Å². The minimum Gasteiger partial charge on any atom is -0.310 e.